The molecule has 7 heteroatoms. The maximum atomic E-state index is 13.1. The van der Waals surface area contributed by atoms with E-state index in [4.69, 9.17) is 21.1 Å². The summed E-state index contributed by atoms with van der Waals surface area (Å²) in [5.41, 5.74) is 1.54. The van der Waals surface area contributed by atoms with E-state index >= 15 is 0 Å². The first-order valence-corrected chi connectivity index (χ1v) is 11.3. The molecule has 1 spiro atoms. The molecule has 0 aromatic heterocycles. The molecule has 2 aliphatic heterocycles. The molecule has 2 aliphatic rings. The van der Waals surface area contributed by atoms with Crippen LogP contribution in [-0.4, -0.2) is 44.6 Å². The third-order valence-corrected chi connectivity index (χ3v) is 7.66. The molecular weight excluding hydrogens is 398 g/mol. The van der Waals surface area contributed by atoms with Gasteiger partial charge in [-0.15, -0.1) is 0 Å². The quantitative estimate of drug-likeness (QED) is 0.752. The summed E-state index contributed by atoms with van der Waals surface area (Å²) in [6, 6.07) is 14.6. The number of nitrogens with zero attached hydrogens (tertiary/aromatic N) is 1. The molecule has 2 aromatic rings. The lowest BCUT2D eigenvalue weighted by molar-refractivity contribution is -0.163. The molecule has 5 nitrogen and oxygen atoms in total. The zero-order chi connectivity index (χ0) is 19.8. The number of aryl methyl sites for hydroxylation is 1. The van der Waals surface area contributed by atoms with Crippen LogP contribution in [0.15, 0.2) is 53.4 Å². The van der Waals surface area contributed by atoms with Gasteiger partial charge < -0.3 is 9.47 Å². The molecule has 2 heterocycles. The summed E-state index contributed by atoms with van der Waals surface area (Å²) in [7, 11) is -3.55. The molecule has 0 bridgehead atoms. The molecule has 2 atom stereocenters. The summed E-state index contributed by atoms with van der Waals surface area (Å²) >= 11 is 5.99. The Bertz CT molecular complexity index is 926. The van der Waals surface area contributed by atoms with Crippen molar-refractivity contribution in [3.8, 4) is 0 Å². The van der Waals surface area contributed by atoms with Gasteiger partial charge in [-0.05, 0) is 36.8 Å². The molecule has 2 aromatic carbocycles. The fourth-order valence-corrected chi connectivity index (χ4v) is 5.55. The second-order valence-corrected chi connectivity index (χ2v) is 9.92. The summed E-state index contributed by atoms with van der Waals surface area (Å²) in [6.07, 6.45) is 1.17. The van der Waals surface area contributed by atoms with Crippen LogP contribution < -0.4 is 0 Å². The van der Waals surface area contributed by atoms with Crippen molar-refractivity contribution in [2.45, 2.75) is 36.4 Å². The lowest BCUT2D eigenvalue weighted by atomic mass is 9.86. The average Bonchev–Trinajstić information content (AvgIpc) is 2.69. The van der Waals surface area contributed by atoms with Crippen LogP contribution in [0.1, 0.15) is 30.1 Å². The third kappa shape index (κ3) is 3.98. The normalized spacial score (nSPS) is 26.4. The van der Waals surface area contributed by atoms with E-state index in [2.05, 4.69) is 0 Å². The van der Waals surface area contributed by atoms with Crippen molar-refractivity contribution >= 4 is 21.6 Å². The highest BCUT2D eigenvalue weighted by atomic mass is 35.5. The van der Waals surface area contributed by atoms with Crippen molar-refractivity contribution in [2.24, 2.45) is 0 Å². The average molecular weight is 422 g/mol. The minimum atomic E-state index is -3.55. The monoisotopic (exact) mass is 421 g/mol. The Morgan fingerprint density at radius 1 is 1.07 bits per heavy atom. The second kappa shape index (κ2) is 7.76. The minimum Gasteiger partial charge on any atom is -0.373 e. The number of hydrogen-bond acceptors (Lipinski definition) is 4. The van der Waals surface area contributed by atoms with Gasteiger partial charge in [0.25, 0.3) is 0 Å². The summed E-state index contributed by atoms with van der Waals surface area (Å²) in [5.74, 6) is 0. The van der Waals surface area contributed by atoms with E-state index in [1.54, 1.807) is 16.4 Å². The first kappa shape index (κ1) is 19.9. The van der Waals surface area contributed by atoms with E-state index < -0.39 is 15.6 Å². The molecule has 150 valence electrons. The lowest BCUT2D eigenvalue weighted by Gasteiger charge is -2.46. The SMILES string of the molecule is Cc1ccc(S(=O)(=O)N2CCO[C@]3(CCO[C@H](c4ccc(Cl)cc4)C3)C2)cc1. The van der Waals surface area contributed by atoms with Gasteiger partial charge in [-0.25, -0.2) is 8.42 Å². The van der Waals surface area contributed by atoms with Gasteiger partial charge in [-0.3, -0.25) is 0 Å². The van der Waals surface area contributed by atoms with Gasteiger partial charge in [0.05, 0.1) is 29.8 Å². The first-order valence-electron chi connectivity index (χ1n) is 9.46. The first-order chi connectivity index (χ1) is 13.4. The molecule has 2 saturated heterocycles. The Hall–Kier alpha value is -1.44. The lowest BCUT2D eigenvalue weighted by Crippen LogP contribution is -2.56. The van der Waals surface area contributed by atoms with Crippen LogP contribution in [0.5, 0.6) is 0 Å². The Morgan fingerprint density at radius 2 is 1.79 bits per heavy atom. The highest BCUT2D eigenvalue weighted by Gasteiger charge is 2.45. The van der Waals surface area contributed by atoms with Gasteiger partial charge in [-0.2, -0.15) is 4.31 Å². The molecule has 0 aliphatic carbocycles. The van der Waals surface area contributed by atoms with Crippen molar-refractivity contribution in [1.82, 2.24) is 4.31 Å². The van der Waals surface area contributed by atoms with Gasteiger partial charge in [0.1, 0.15) is 0 Å². The van der Waals surface area contributed by atoms with Crippen molar-refractivity contribution in [2.75, 3.05) is 26.3 Å². The van der Waals surface area contributed by atoms with E-state index in [9.17, 15) is 8.42 Å². The summed E-state index contributed by atoms with van der Waals surface area (Å²) in [4.78, 5) is 0.330. The van der Waals surface area contributed by atoms with Crippen molar-refractivity contribution < 1.29 is 17.9 Å². The fraction of sp³-hybridized carbons (Fsp3) is 0.429. The van der Waals surface area contributed by atoms with Gasteiger partial charge >= 0.3 is 0 Å². The second-order valence-electron chi connectivity index (χ2n) is 7.55. The predicted molar refractivity (Wildman–Crippen MR) is 108 cm³/mol. The van der Waals surface area contributed by atoms with Gasteiger partial charge in [-0.1, -0.05) is 41.4 Å². The van der Waals surface area contributed by atoms with Crippen LogP contribution >= 0.6 is 11.6 Å². The van der Waals surface area contributed by atoms with Crippen LogP contribution in [0, 0.1) is 6.92 Å². The van der Waals surface area contributed by atoms with Crippen molar-refractivity contribution in [3.63, 3.8) is 0 Å². The van der Waals surface area contributed by atoms with Crippen molar-refractivity contribution in [1.29, 1.82) is 0 Å². The van der Waals surface area contributed by atoms with Crippen LogP contribution in [0.3, 0.4) is 0 Å². The summed E-state index contributed by atoms with van der Waals surface area (Å²) < 4.78 is 39.9. The molecule has 0 amide bonds. The topological polar surface area (TPSA) is 55.8 Å². The molecule has 28 heavy (non-hydrogen) atoms. The zero-order valence-electron chi connectivity index (χ0n) is 15.8. The number of rotatable bonds is 3. The smallest absolute Gasteiger partial charge is 0.243 e. The van der Waals surface area contributed by atoms with E-state index in [1.807, 2.05) is 43.3 Å². The Balaban J connectivity index is 1.55. The highest BCUT2D eigenvalue weighted by molar-refractivity contribution is 7.89. The molecule has 0 unspecified atom stereocenters. The summed E-state index contributed by atoms with van der Waals surface area (Å²) in [5, 5.41) is 0.679. The maximum Gasteiger partial charge on any atom is 0.243 e. The molecular formula is C21H24ClNO4S. The van der Waals surface area contributed by atoms with Crippen LogP contribution in [0.25, 0.3) is 0 Å². The van der Waals surface area contributed by atoms with Crippen LogP contribution in [-0.2, 0) is 19.5 Å². The van der Waals surface area contributed by atoms with Crippen LogP contribution in [0.4, 0.5) is 0 Å². The molecule has 4 rings (SSSR count). The van der Waals surface area contributed by atoms with Gasteiger partial charge in [0.2, 0.25) is 10.0 Å². The van der Waals surface area contributed by atoms with Crippen LogP contribution in [0.2, 0.25) is 5.02 Å². The molecule has 2 fully saturated rings. The van der Waals surface area contributed by atoms with E-state index in [0.717, 1.165) is 11.1 Å². The van der Waals surface area contributed by atoms with Crippen molar-refractivity contribution in [3.05, 3.63) is 64.7 Å². The van der Waals surface area contributed by atoms with E-state index in [0.29, 0.717) is 49.1 Å². The number of sulfonamides is 1. The molecule has 0 radical (unpaired) electrons. The largest absolute Gasteiger partial charge is 0.373 e. The molecule has 0 saturated carbocycles. The number of hydrogen-bond donors (Lipinski definition) is 0. The zero-order valence-corrected chi connectivity index (χ0v) is 17.4. The van der Waals surface area contributed by atoms with Gasteiger partial charge in [0.15, 0.2) is 0 Å². The maximum absolute atomic E-state index is 13.1. The predicted octanol–water partition coefficient (Wildman–Crippen LogP) is 3.96. The fourth-order valence-electron chi connectivity index (χ4n) is 3.93. The molecule has 0 N–H and O–H groups in total. The van der Waals surface area contributed by atoms with E-state index in [1.165, 1.54) is 0 Å². The minimum absolute atomic E-state index is 0.131. The standard InChI is InChI=1S/C21H24ClNO4S/c1-16-2-8-19(9-3-16)28(24,25)23-11-13-27-21(15-23)10-12-26-20(14-21)17-4-6-18(22)7-5-17/h2-9,20H,10-15H2,1H3/t20-,21-/m0/s1. The highest BCUT2D eigenvalue weighted by Crippen LogP contribution is 2.40. The number of halogens is 1. The van der Waals surface area contributed by atoms with Gasteiger partial charge in [0, 0.05) is 31.0 Å². The Labute approximate surface area is 171 Å². The summed E-state index contributed by atoms with van der Waals surface area (Å²) in [6.45, 7) is 3.57. The third-order valence-electron chi connectivity index (χ3n) is 5.55. The Kier molecular flexibility index (Phi) is 5.51. The van der Waals surface area contributed by atoms with E-state index in [-0.39, 0.29) is 6.10 Å². The Morgan fingerprint density at radius 3 is 2.50 bits per heavy atom. The number of ether oxygens (including phenoxy) is 2. The number of benzene rings is 2. The number of morpholine rings is 1.